The molecule has 0 aromatic carbocycles. The smallest absolute Gasteiger partial charge is 0.287 e. The summed E-state index contributed by atoms with van der Waals surface area (Å²) in [6.07, 6.45) is 3.26. The summed E-state index contributed by atoms with van der Waals surface area (Å²) in [6.45, 7) is 8.46. The molecule has 8 nitrogen and oxygen atoms in total. The number of furan rings is 1. The van der Waals surface area contributed by atoms with Crippen LogP contribution in [0.3, 0.4) is 0 Å². The lowest BCUT2D eigenvalue weighted by molar-refractivity contribution is 0.0376. The first-order valence-electron chi connectivity index (χ1n) is 8.83. The molecule has 0 atom stereocenters. The third-order valence-electron chi connectivity index (χ3n) is 4.03. The van der Waals surface area contributed by atoms with Crippen LogP contribution in [0.25, 0.3) is 0 Å². The molecule has 0 saturated carbocycles. The van der Waals surface area contributed by atoms with Crippen molar-refractivity contribution in [3.05, 3.63) is 23.7 Å². The number of carbonyl (C=O) groups is 1. The molecule has 1 aromatic heterocycles. The van der Waals surface area contributed by atoms with E-state index in [1.807, 2.05) is 6.92 Å². The van der Waals surface area contributed by atoms with Crippen molar-refractivity contribution in [2.45, 2.75) is 19.8 Å². The Kier molecular flexibility index (Phi) is 8.27. The van der Waals surface area contributed by atoms with Crippen LogP contribution in [0.4, 0.5) is 0 Å². The van der Waals surface area contributed by atoms with Crippen LogP contribution in [0.15, 0.2) is 21.7 Å². The fraction of sp³-hybridized carbons (Fsp3) is 0.647. The van der Waals surface area contributed by atoms with E-state index < -0.39 is 0 Å². The molecule has 4 N–H and O–H groups in total. The van der Waals surface area contributed by atoms with E-state index >= 15 is 0 Å². The Morgan fingerprint density at radius 3 is 2.76 bits per heavy atom. The van der Waals surface area contributed by atoms with E-state index in [1.54, 1.807) is 6.07 Å². The van der Waals surface area contributed by atoms with Gasteiger partial charge in [-0.1, -0.05) is 0 Å². The number of hydrogen-bond acceptors (Lipinski definition) is 5. The molecule has 140 valence electrons. The Labute approximate surface area is 148 Å². The summed E-state index contributed by atoms with van der Waals surface area (Å²) in [5.74, 6) is 0.626. The number of amides is 1. The molecule has 0 spiro atoms. The SMILES string of the molecule is Cc1ccoc1C(=O)NCCCN=C(N)NCCCN1CCOCC1. The molecule has 1 amide bonds. The van der Waals surface area contributed by atoms with Gasteiger partial charge in [-0.25, -0.2) is 0 Å². The summed E-state index contributed by atoms with van der Waals surface area (Å²) < 4.78 is 10.5. The van der Waals surface area contributed by atoms with Crippen LogP contribution >= 0.6 is 0 Å². The van der Waals surface area contributed by atoms with Gasteiger partial charge in [0.2, 0.25) is 0 Å². The maximum atomic E-state index is 11.8. The van der Waals surface area contributed by atoms with E-state index in [0.717, 1.165) is 57.8 Å². The van der Waals surface area contributed by atoms with Crippen LogP contribution in [0.1, 0.15) is 29.0 Å². The minimum absolute atomic E-state index is 0.194. The Bertz CT molecular complexity index is 552. The van der Waals surface area contributed by atoms with E-state index in [2.05, 4.69) is 20.5 Å². The molecular weight excluding hydrogens is 322 g/mol. The Balaban J connectivity index is 1.49. The summed E-state index contributed by atoms with van der Waals surface area (Å²) in [4.78, 5) is 18.5. The van der Waals surface area contributed by atoms with Crippen LogP contribution in [0.2, 0.25) is 0 Å². The first kappa shape index (κ1) is 19.3. The van der Waals surface area contributed by atoms with Gasteiger partial charge in [0.15, 0.2) is 11.7 Å². The Hall–Kier alpha value is -2.06. The number of nitrogens with two attached hydrogens (primary N) is 1. The topological polar surface area (TPSA) is 105 Å². The molecule has 8 heteroatoms. The first-order valence-corrected chi connectivity index (χ1v) is 8.83. The number of nitrogens with zero attached hydrogens (tertiary/aromatic N) is 2. The summed E-state index contributed by atoms with van der Waals surface area (Å²) in [6, 6.07) is 1.77. The third kappa shape index (κ3) is 7.15. The molecule has 1 aromatic rings. The largest absolute Gasteiger partial charge is 0.459 e. The first-order chi connectivity index (χ1) is 12.2. The lowest BCUT2D eigenvalue weighted by Crippen LogP contribution is -2.39. The van der Waals surface area contributed by atoms with Gasteiger partial charge in [-0.15, -0.1) is 0 Å². The lowest BCUT2D eigenvalue weighted by Gasteiger charge is -2.26. The second kappa shape index (κ2) is 10.7. The molecular formula is C17H29N5O3. The van der Waals surface area contributed by atoms with Gasteiger partial charge in [0, 0.05) is 38.3 Å². The van der Waals surface area contributed by atoms with E-state index in [4.69, 9.17) is 14.9 Å². The van der Waals surface area contributed by atoms with Crippen LogP contribution < -0.4 is 16.4 Å². The fourth-order valence-corrected chi connectivity index (χ4v) is 2.57. The zero-order valence-electron chi connectivity index (χ0n) is 14.9. The highest BCUT2D eigenvalue weighted by Crippen LogP contribution is 2.07. The van der Waals surface area contributed by atoms with Crippen LogP contribution in [-0.4, -0.2) is 69.2 Å². The van der Waals surface area contributed by atoms with Crippen molar-refractivity contribution in [2.75, 3.05) is 52.5 Å². The number of hydrogen-bond donors (Lipinski definition) is 3. The fourth-order valence-electron chi connectivity index (χ4n) is 2.57. The highest BCUT2D eigenvalue weighted by molar-refractivity contribution is 5.92. The van der Waals surface area contributed by atoms with Gasteiger partial charge in [-0.05, 0) is 32.4 Å². The zero-order chi connectivity index (χ0) is 17.9. The van der Waals surface area contributed by atoms with Crippen molar-refractivity contribution < 1.29 is 13.9 Å². The molecule has 0 aliphatic carbocycles. The van der Waals surface area contributed by atoms with E-state index in [9.17, 15) is 4.79 Å². The molecule has 0 bridgehead atoms. The number of morpholine rings is 1. The summed E-state index contributed by atoms with van der Waals surface area (Å²) in [5, 5.41) is 5.93. The van der Waals surface area contributed by atoms with Gasteiger partial charge in [-0.3, -0.25) is 14.7 Å². The van der Waals surface area contributed by atoms with Crippen molar-refractivity contribution >= 4 is 11.9 Å². The van der Waals surface area contributed by atoms with E-state index in [0.29, 0.717) is 24.8 Å². The maximum absolute atomic E-state index is 11.8. The standard InChI is InChI=1S/C17H29N5O3/c1-14-4-11-25-15(14)16(23)19-5-2-6-20-17(18)21-7-3-8-22-9-12-24-13-10-22/h4,11H,2-3,5-10,12-13H2,1H3,(H,19,23)(H3,18,20,21). The monoisotopic (exact) mass is 351 g/mol. The summed E-state index contributed by atoms with van der Waals surface area (Å²) >= 11 is 0. The van der Waals surface area contributed by atoms with E-state index in [1.165, 1.54) is 6.26 Å². The average molecular weight is 351 g/mol. The Morgan fingerprint density at radius 1 is 1.28 bits per heavy atom. The highest BCUT2D eigenvalue weighted by atomic mass is 16.5. The number of rotatable bonds is 9. The molecule has 0 radical (unpaired) electrons. The zero-order valence-corrected chi connectivity index (χ0v) is 14.9. The minimum atomic E-state index is -0.194. The molecule has 1 aliphatic heterocycles. The lowest BCUT2D eigenvalue weighted by atomic mass is 10.2. The molecule has 2 rings (SSSR count). The number of aryl methyl sites for hydroxylation is 1. The summed E-state index contributed by atoms with van der Waals surface area (Å²) in [7, 11) is 0. The highest BCUT2D eigenvalue weighted by Gasteiger charge is 2.11. The molecule has 0 unspecified atom stereocenters. The van der Waals surface area contributed by atoms with Gasteiger partial charge in [0.05, 0.1) is 19.5 Å². The minimum Gasteiger partial charge on any atom is -0.459 e. The average Bonchev–Trinajstić information content (AvgIpc) is 3.05. The van der Waals surface area contributed by atoms with Gasteiger partial charge < -0.3 is 25.5 Å². The van der Waals surface area contributed by atoms with Crippen molar-refractivity contribution in [1.29, 1.82) is 0 Å². The van der Waals surface area contributed by atoms with Crippen molar-refractivity contribution in [1.82, 2.24) is 15.5 Å². The van der Waals surface area contributed by atoms with Crippen LogP contribution in [0.5, 0.6) is 0 Å². The maximum Gasteiger partial charge on any atom is 0.287 e. The molecule has 1 aliphatic rings. The number of ether oxygens (including phenoxy) is 1. The number of aliphatic imine (C=N–C) groups is 1. The second-order valence-corrected chi connectivity index (χ2v) is 6.04. The van der Waals surface area contributed by atoms with Crippen molar-refractivity contribution in [3.63, 3.8) is 0 Å². The number of guanidine groups is 1. The second-order valence-electron chi connectivity index (χ2n) is 6.04. The number of carbonyl (C=O) groups excluding carboxylic acids is 1. The van der Waals surface area contributed by atoms with Crippen LogP contribution in [0, 0.1) is 6.92 Å². The van der Waals surface area contributed by atoms with Gasteiger partial charge in [0.25, 0.3) is 5.91 Å². The molecule has 1 saturated heterocycles. The van der Waals surface area contributed by atoms with E-state index in [-0.39, 0.29) is 5.91 Å². The van der Waals surface area contributed by atoms with Gasteiger partial charge in [-0.2, -0.15) is 0 Å². The molecule has 1 fully saturated rings. The number of nitrogens with one attached hydrogen (secondary N) is 2. The van der Waals surface area contributed by atoms with Crippen LogP contribution in [-0.2, 0) is 4.74 Å². The molecule has 2 heterocycles. The predicted molar refractivity (Wildman–Crippen MR) is 96.8 cm³/mol. The molecule has 25 heavy (non-hydrogen) atoms. The quantitative estimate of drug-likeness (QED) is 0.336. The van der Waals surface area contributed by atoms with Gasteiger partial charge in [0.1, 0.15) is 0 Å². The third-order valence-corrected chi connectivity index (χ3v) is 4.03. The predicted octanol–water partition coefficient (Wildman–Crippen LogP) is 0.335. The van der Waals surface area contributed by atoms with Gasteiger partial charge >= 0.3 is 0 Å². The summed E-state index contributed by atoms with van der Waals surface area (Å²) in [5.41, 5.74) is 6.67. The van der Waals surface area contributed by atoms with Crippen molar-refractivity contribution in [3.8, 4) is 0 Å². The van der Waals surface area contributed by atoms with Crippen molar-refractivity contribution in [2.24, 2.45) is 10.7 Å². The Morgan fingerprint density at radius 2 is 2.04 bits per heavy atom. The normalized spacial score (nSPS) is 16.0.